The van der Waals surface area contributed by atoms with Crippen molar-refractivity contribution in [2.75, 3.05) is 12.4 Å². The zero-order valence-electron chi connectivity index (χ0n) is 9.30. The van der Waals surface area contributed by atoms with E-state index in [1.54, 1.807) is 17.8 Å². The molecule has 2 aromatic heterocycles. The predicted molar refractivity (Wildman–Crippen MR) is 56.3 cm³/mol. The molecule has 0 saturated carbocycles. The van der Waals surface area contributed by atoms with Gasteiger partial charge in [-0.15, -0.1) is 5.10 Å². The van der Waals surface area contributed by atoms with Crippen LogP contribution in [0.5, 0.6) is 5.88 Å². The second-order valence-corrected chi connectivity index (χ2v) is 3.47. The van der Waals surface area contributed by atoms with Crippen molar-refractivity contribution >= 4 is 5.95 Å². The van der Waals surface area contributed by atoms with Gasteiger partial charge in [0.15, 0.2) is 0 Å². The zero-order chi connectivity index (χ0) is 11.7. The van der Waals surface area contributed by atoms with Crippen molar-refractivity contribution in [2.45, 2.75) is 19.9 Å². The molecule has 16 heavy (non-hydrogen) atoms. The Morgan fingerprint density at radius 3 is 2.81 bits per heavy atom. The van der Waals surface area contributed by atoms with Gasteiger partial charge in [-0.05, 0) is 19.0 Å². The molecular formula is C9H13N5O2. The SMILES string of the molecule is CNc1noc(C(C)n2nc(O)cc2C)n1. The molecule has 0 radical (unpaired) electrons. The molecule has 1 atom stereocenters. The smallest absolute Gasteiger partial charge is 0.263 e. The molecule has 0 aliphatic heterocycles. The minimum absolute atomic E-state index is 0.0160. The summed E-state index contributed by atoms with van der Waals surface area (Å²) in [6.45, 7) is 3.71. The molecule has 2 heterocycles. The van der Waals surface area contributed by atoms with Crippen LogP contribution < -0.4 is 5.32 Å². The fourth-order valence-electron chi connectivity index (χ4n) is 1.47. The minimum Gasteiger partial charge on any atom is -0.492 e. The van der Waals surface area contributed by atoms with E-state index in [0.29, 0.717) is 11.8 Å². The lowest BCUT2D eigenvalue weighted by Crippen LogP contribution is -2.10. The third-order valence-corrected chi connectivity index (χ3v) is 2.30. The van der Waals surface area contributed by atoms with E-state index in [1.165, 1.54) is 0 Å². The van der Waals surface area contributed by atoms with Crippen LogP contribution in [0.2, 0.25) is 0 Å². The molecule has 1 unspecified atom stereocenters. The lowest BCUT2D eigenvalue weighted by molar-refractivity contribution is 0.330. The summed E-state index contributed by atoms with van der Waals surface area (Å²) in [5.74, 6) is 0.851. The standard InChI is InChI=1S/C9H13N5O2/c1-5-4-7(15)12-14(5)6(2)8-11-9(10-3)13-16-8/h4,6H,1-3H3,(H,10,13)(H,12,15). The number of nitrogens with zero attached hydrogens (tertiary/aromatic N) is 4. The molecule has 7 nitrogen and oxygen atoms in total. The molecule has 0 saturated heterocycles. The van der Waals surface area contributed by atoms with Gasteiger partial charge in [0, 0.05) is 18.8 Å². The Bertz CT molecular complexity index is 490. The van der Waals surface area contributed by atoms with Gasteiger partial charge >= 0.3 is 0 Å². The molecule has 86 valence electrons. The van der Waals surface area contributed by atoms with Crippen LogP contribution in [-0.2, 0) is 0 Å². The molecule has 7 heteroatoms. The van der Waals surface area contributed by atoms with E-state index in [1.807, 2.05) is 13.8 Å². The van der Waals surface area contributed by atoms with Gasteiger partial charge in [0.1, 0.15) is 6.04 Å². The van der Waals surface area contributed by atoms with Crippen molar-refractivity contribution < 1.29 is 9.63 Å². The summed E-state index contributed by atoms with van der Waals surface area (Å²) in [7, 11) is 1.71. The molecule has 2 aromatic rings. The van der Waals surface area contributed by atoms with Crippen molar-refractivity contribution in [1.82, 2.24) is 19.9 Å². The fraction of sp³-hybridized carbons (Fsp3) is 0.444. The van der Waals surface area contributed by atoms with Crippen molar-refractivity contribution in [3.63, 3.8) is 0 Å². The minimum atomic E-state index is -0.213. The summed E-state index contributed by atoms with van der Waals surface area (Å²) in [5.41, 5.74) is 0.828. The summed E-state index contributed by atoms with van der Waals surface area (Å²) in [6, 6.07) is 1.36. The number of aromatic nitrogens is 4. The van der Waals surface area contributed by atoms with Gasteiger partial charge in [0.05, 0.1) is 0 Å². The van der Waals surface area contributed by atoms with Crippen molar-refractivity contribution in [3.8, 4) is 5.88 Å². The number of aromatic hydroxyl groups is 1. The molecule has 2 N–H and O–H groups in total. The average Bonchev–Trinajstić information content (AvgIpc) is 2.84. The molecule has 0 aromatic carbocycles. The van der Waals surface area contributed by atoms with E-state index in [4.69, 9.17) is 4.52 Å². The third-order valence-electron chi connectivity index (χ3n) is 2.30. The van der Waals surface area contributed by atoms with Crippen LogP contribution in [0.15, 0.2) is 10.6 Å². The Balaban J connectivity index is 2.31. The third kappa shape index (κ3) is 1.71. The Hall–Kier alpha value is -2.05. The zero-order valence-corrected chi connectivity index (χ0v) is 9.30. The van der Waals surface area contributed by atoms with Crippen molar-refractivity contribution in [3.05, 3.63) is 17.7 Å². The molecule has 0 aliphatic rings. The largest absolute Gasteiger partial charge is 0.492 e. The number of anilines is 1. The van der Waals surface area contributed by atoms with Gasteiger partial charge in [-0.1, -0.05) is 0 Å². The van der Waals surface area contributed by atoms with E-state index in [-0.39, 0.29) is 11.9 Å². The average molecular weight is 223 g/mol. The molecule has 2 rings (SSSR count). The van der Waals surface area contributed by atoms with Crippen LogP contribution in [0.3, 0.4) is 0 Å². The molecule has 0 bridgehead atoms. The number of aryl methyl sites for hydroxylation is 1. The van der Waals surface area contributed by atoms with E-state index in [0.717, 1.165) is 5.69 Å². The lowest BCUT2D eigenvalue weighted by Gasteiger charge is -2.08. The fourth-order valence-corrected chi connectivity index (χ4v) is 1.47. The lowest BCUT2D eigenvalue weighted by atomic mass is 10.3. The number of rotatable bonds is 3. The van der Waals surface area contributed by atoms with Crippen LogP contribution >= 0.6 is 0 Å². The van der Waals surface area contributed by atoms with E-state index in [2.05, 4.69) is 20.6 Å². The van der Waals surface area contributed by atoms with E-state index < -0.39 is 0 Å². The maximum atomic E-state index is 9.27. The van der Waals surface area contributed by atoms with Crippen LogP contribution in [-0.4, -0.2) is 32.1 Å². The van der Waals surface area contributed by atoms with E-state index >= 15 is 0 Å². The van der Waals surface area contributed by atoms with Crippen molar-refractivity contribution in [2.24, 2.45) is 0 Å². The Morgan fingerprint density at radius 2 is 2.31 bits per heavy atom. The van der Waals surface area contributed by atoms with Crippen LogP contribution in [0.1, 0.15) is 24.6 Å². The summed E-state index contributed by atoms with van der Waals surface area (Å²) in [6.07, 6.45) is 0. The Kier molecular flexibility index (Phi) is 2.51. The second-order valence-electron chi connectivity index (χ2n) is 3.47. The van der Waals surface area contributed by atoms with E-state index in [9.17, 15) is 5.11 Å². The maximum absolute atomic E-state index is 9.27. The highest BCUT2D eigenvalue weighted by Crippen LogP contribution is 2.20. The highest BCUT2D eigenvalue weighted by molar-refractivity contribution is 5.21. The van der Waals surface area contributed by atoms with Gasteiger partial charge in [-0.2, -0.15) is 4.98 Å². The Labute approximate surface area is 92.1 Å². The van der Waals surface area contributed by atoms with Gasteiger partial charge in [-0.3, -0.25) is 4.68 Å². The Morgan fingerprint density at radius 1 is 1.56 bits per heavy atom. The normalized spacial score (nSPS) is 12.7. The second kappa shape index (κ2) is 3.84. The van der Waals surface area contributed by atoms with Crippen LogP contribution in [0, 0.1) is 6.92 Å². The quantitative estimate of drug-likeness (QED) is 0.804. The monoisotopic (exact) mass is 223 g/mol. The van der Waals surface area contributed by atoms with Gasteiger partial charge in [0.2, 0.25) is 5.88 Å². The van der Waals surface area contributed by atoms with Gasteiger partial charge in [0.25, 0.3) is 11.8 Å². The van der Waals surface area contributed by atoms with Gasteiger partial charge in [-0.25, -0.2) is 0 Å². The van der Waals surface area contributed by atoms with Gasteiger partial charge < -0.3 is 14.9 Å². The summed E-state index contributed by atoms with van der Waals surface area (Å²) in [4.78, 5) is 4.12. The molecule has 0 fully saturated rings. The van der Waals surface area contributed by atoms with Crippen LogP contribution in [0.4, 0.5) is 5.95 Å². The summed E-state index contributed by atoms with van der Waals surface area (Å²) >= 11 is 0. The first-order chi connectivity index (χ1) is 7.61. The molecular weight excluding hydrogens is 210 g/mol. The first-order valence-electron chi connectivity index (χ1n) is 4.88. The maximum Gasteiger partial charge on any atom is 0.263 e. The molecule has 0 spiro atoms. The predicted octanol–water partition coefficient (Wildman–Crippen LogP) is 0.931. The summed E-state index contributed by atoms with van der Waals surface area (Å²) in [5, 5.41) is 19.7. The summed E-state index contributed by atoms with van der Waals surface area (Å²) < 4.78 is 6.70. The highest BCUT2D eigenvalue weighted by Gasteiger charge is 2.18. The topological polar surface area (TPSA) is 89.0 Å². The number of hydrogen-bond donors (Lipinski definition) is 2. The first-order valence-corrected chi connectivity index (χ1v) is 4.88. The van der Waals surface area contributed by atoms with Crippen LogP contribution in [0.25, 0.3) is 0 Å². The number of hydrogen-bond acceptors (Lipinski definition) is 6. The van der Waals surface area contributed by atoms with Crippen molar-refractivity contribution in [1.29, 1.82) is 0 Å². The molecule has 0 aliphatic carbocycles. The highest BCUT2D eigenvalue weighted by atomic mass is 16.5. The number of nitrogens with one attached hydrogen (secondary N) is 1. The molecule has 0 amide bonds. The first kappa shape index (κ1) is 10.5.